The van der Waals surface area contributed by atoms with Crippen molar-refractivity contribution in [3.63, 3.8) is 0 Å². The fourth-order valence-electron chi connectivity index (χ4n) is 5.07. The highest BCUT2D eigenvalue weighted by Crippen LogP contribution is 2.44. The lowest BCUT2D eigenvalue weighted by atomic mass is 9.84. The molecule has 3 heterocycles. The summed E-state index contributed by atoms with van der Waals surface area (Å²) in [6.07, 6.45) is 3.91. The van der Waals surface area contributed by atoms with Crippen LogP contribution in [0.2, 0.25) is 5.02 Å². The predicted molar refractivity (Wildman–Crippen MR) is 105 cm³/mol. The van der Waals surface area contributed by atoms with Gasteiger partial charge in [-0.3, -0.25) is 19.3 Å². The number of carbonyl (C=O) groups is 3. The highest BCUT2D eigenvalue weighted by Gasteiger charge is 2.67. The maximum Gasteiger partial charge on any atom is 0.244 e. The van der Waals surface area contributed by atoms with E-state index in [0.29, 0.717) is 10.7 Å². The van der Waals surface area contributed by atoms with Crippen LogP contribution in [0.15, 0.2) is 54.7 Å². The lowest BCUT2D eigenvalue weighted by Gasteiger charge is -2.30. The van der Waals surface area contributed by atoms with Gasteiger partial charge in [-0.15, -0.1) is 0 Å². The number of imide groups is 1. The van der Waals surface area contributed by atoms with Crippen LogP contribution in [0.3, 0.4) is 0 Å². The zero-order chi connectivity index (χ0) is 19.6. The Hall–Kier alpha value is -2.76. The zero-order valence-electron chi connectivity index (χ0n) is 15.1. The Bertz CT molecular complexity index is 1050. The van der Waals surface area contributed by atoms with Crippen molar-refractivity contribution in [2.75, 3.05) is 4.90 Å². The summed E-state index contributed by atoms with van der Waals surface area (Å²) in [4.78, 5) is 41.4. The van der Waals surface area contributed by atoms with Gasteiger partial charge in [0.25, 0.3) is 0 Å². The number of carbonyl (C=O) groups excluding carboxylic acids is 3. The van der Waals surface area contributed by atoms with Crippen LogP contribution in [-0.4, -0.2) is 23.6 Å². The van der Waals surface area contributed by atoms with E-state index in [-0.39, 0.29) is 23.6 Å². The Morgan fingerprint density at radius 3 is 2.39 bits per heavy atom. The minimum Gasteiger partial charge on any atom is -0.293 e. The van der Waals surface area contributed by atoms with Gasteiger partial charge in [-0.25, -0.2) is 4.90 Å². The van der Waals surface area contributed by atoms with E-state index < -0.39 is 17.9 Å². The third-order valence-corrected chi connectivity index (χ3v) is 6.40. The summed E-state index contributed by atoms with van der Waals surface area (Å²) in [5.41, 5.74) is 2.54. The van der Waals surface area contributed by atoms with Crippen molar-refractivity contribution in [3.8, 4) is 0 Å². The highest BCUT2D eigenvalue weighted by atomic mass is 35.5. The second-order valence-corrected chi connectivity index (χ2v) is 8.00. The van der Waals surface area contributed by atoms with Crippen molar-refractivity contribution in [2.24, 2.45) is 11.8 Å². The van der Waals surface area contributed by atoms with E-state index in [2.05, 4.69) is 0 Å². The van der Waals surface area contributed by atoms with Gasteiger partial charge in [0.05, 0.1) is 11.9 Å². The number of nitrogens with one attached hydrogen (secondary N) is 1. The summed E-state index contributed by atoms with van der Waals surface area (Å²) < 4.78 is 0. The predicted octanol–water partition coefficient (Wildman–Crippen LogP) is 2.03. The zero-order valence-corrected chi connectivity index (χ0v) is 15.9. The quantitative estimate of drug-likeness (QED) is 0.794. The Morgan fingerprint density at radius 1 is 1.00 bits per heavy atom. The first-order chi connectivity index (χ1) is 13.5. The van der Waals surface area contributed by atoms with E-state index in [1.54, 1.807) is 24.3 Å². The minimum absolute atomic E-state index is 0.0735. The lowest BCUT2D eigenvalue weighted by molar-refractivity contribution is -0.884. The Morgan fingerprint density at radius 2 is 1.68 bits per heavy atom. The van der Waals surface area contributed by atoms with Crippen LogP contribution in [-0.2, 0) is 14.4 Å². The fraction of sp³-hybridized carbons (Fsp3) is 0.227. The van der Waals surface area contributed by atoms with Gasteiger partial charge in [0.15, 0.2) is 11.8 Å². The lowest BCUT2D eigenvalue weighted by Crippen LogP contribution is -3.12. The molecule has 1 unspecified atom stereocenters. The summed E-state index contributed by atoms with van der Waals surface area (Å²) in [6, 6.07) is 13.7. The van der Waals surface area contributed by atoms with E-state index in [9.17, 15) is 14.4 Å². The molecule has 0 aliphatic carbocycles. The second kappa shape index (κ2) is 6.12. The third-order valence-electron chi connectivity index (χ3n) is 6.14. The van der Waals surface area contributed by atoms with Crippen LogP contribution < -0.4 is 9.80 Å². The van der Waals surface area contributed by atoms with Crippen molar-refractivity contribution in [1.82, 2.24) is 0 Å². The van der Waals surface area contributed by atoms with Crippen molar-refractivity contribution < 1.29 is 19.3 Å². The molecule has 2 aromatic rings. The number of amides is 2. The van der Waals surface area contributed by atoms with E-state index in [0.717, 1.165) is 16.0 Å². The molecule has 0 spiro atoms. The molecule has 2 fully saturated rings. The van der Waals surface area contributed by atoms with Gasteiger partial charge >= 0.3 is 0 Å². The molecule has 1 N–H and O–H groups in total. The first-order valence-corrected chi connectivity index (χ1v) is 9.64. The van der Waals surface area contributed by atoms with Gasteiger partial charge in [-0.1, -0.05) is 35.9 Å². The Labute approximate surface area is 167 Å². The topological polar surface area (TPSA) is 58.9 Å². The molecule has 0 aromatic heterocycles. The molecule has 5 atom stereocenters. The van der Waals surface area contributed by atoms with Gasteiger partial charge in [-0.2, -0.15) is 0 Å². The second-order valence-electron chi connectivity index (χ2n) is 7.57. The number of rotatable bonds is 2. The van der Waals surface area contributed by atoms with E-state index >= 15 is 0 Å². The number of nitrogens with zero attached hydrogens (tertiary/aromatic N) is 1. The molecule has 0 bridgehead atoms. The smallest absolute Gasteiger partial charge is 0.244 e. The normalized spacial score (nSPS) is 30.2. The van der Waals surface area contributed by atoms with Crippen LogP contribution >= 0.6 is 11.6 Å². The highest BCUT2D eigenvalue weighted by molar-refractivity contribution is 6.31. The number of anilines is 1. The average molecular weight is 394 g/mol. The molecule has 2 saturated heterocycles. The number of halogens is 1. The molecule has 2 amide bonds. The first kappa shape index (κ1) is 17.3. The number of hydrogen-bond acceptors (Lipinski definition) is 3. The molecule has 28 heavy (non-hydrogen) atoms. The van der Waals surface area contributed by atoms with Crippen molar-refractivity contribution >= 4 is 41.0 Å². The summed E-state index contributed by atoms with van der Waals surface area (Å²) >= 11 is 5.96. The van der Waals surface area contributed by atoms with E-state index in [1.807, 2.05) is 36.5 Å². The minimum atomic E-state index is -0.656. The number of quaternary nitrogens is 1. The van der Waals surface area contributed by atoms with Gasteiger partial charge < -0.3 is 0 Å². The first-order valence-electron chi connectivity index (χ1n) is 9.26. The van der Waals surface area contributed by atoms with Gasteiger partial charge in [0.2, 0.25) is 11.8 Å². The number of benzene rings is 2. The fourth-order valence-corrected chi connectivity index (χ4v) is 5.19. The van der Waals surface area contributed by atoms with Gasteiger partial charge in [-0.05, 0) is 35.9 Å². The summed E-state index contributed by atoms with van der Waals surface area (Å²) in [5.74, 6) is -1.83. The van der Waals surface area contributed by atoms with Crippen molar-refractivity contribution in [2.45, 2.75) is 19.0 Å². The number of ketones is 1. The molecule has 0 saturated carbocycles. The molecule has 2 aromatic carbocycles. The molecule has 6 heteroatoms. The standard InChI is InChI=1S/C22H17ClN2O3/c1-12(26)19-17-18(20-16-5-3-2-4-13(16)10-11-24(19)20)22(28)25(21(17)27)15-8-6-14(23)7-9-15/h2-11,17-20H,1H3/p+1/t17-,18+,19+,20+/m1/s1. The largest absolute Gasteiger partial charge is 0.293 e. The maximum absolute atomic E-state index is 13.4. The van der Waals surface area contributed by atoms with Crippen molar-refractivity contribution in [3.05, 3.63) is 70.9 Å². The Kier molecular flexibility index (Phi) is 3.79. The molecule has 3 aliphatic heterocycles. The molecular weight excluding hydrogens is 376 g/mol. The van der Waals surface area contributed by atoms with Gasteiger partial charge in [0.1, 0.15) is 17.9 Å². The maximum atomic E-state index is 13.4. The van der Waals surface area contributed by atoms with Crippen LogP contribution in [0.25, 0.3) is 6.08 Å². The third kappa shape index (κ3) is 2.26. The average Bonchev–Trinajstić information content (AvgIpc) is 3.16. The van der Waals surface area contributed by atoms with Gasteiger partial charge in [0, 0.05) is 17.5 Å². The molecule has 5 rings (SSSR count). The van der Waals surface area contributed by atoms with E-state index in [1.165, 1.54) is 11.8 Å². The number of hydrogen-bond donors (Lipinski definition) is 1. The number of fused-ring (bicyclic) bond motifs is 5. The van der Waals surface area contributed by atoms with Crippen molar-refractivity contribution in [1.29, 1.82) is 0 Å². The van der Waals surface area contributed by atoms with E-state index in [4.69, 9.17) is 11.6 Å². The monoisotopic (exact) mass is 393 g/mol. The number of Topliss-reactive ketones (excluding diaryl/α,β-unsaturated/α-hetero) is 1. The Balaban J connectivity index is 1.65. The SMILES string of the molecule is CC(=O)[C@H]1[C@@H]2C(=O)N(c3ccc(Cl)cc3)C(=O)[C@@H]2[C@@H]2c3ccccc3C=C[NH+]12. The van der Waals surface area contributed by atoms with Crippen LogP contribution in [0, 0.1) is 11.8 Å². The van der Waals surface area contributed by atoms with Crippen LogP contribution in [0.5, 0.6) is 0 Å². The van der Waals surface area contributed by atoms with Crippen LogP contribution in [0.1, 0.15) is 24.1 Å². The molecule has 0 radical (unpaired) electrons. The summed E-state index contributed by atoms with van der Waals surface area (Å²) in [6.45, 7) is 1.51. The van der Waals surface area contributed by atoms with Crippen LogP contribution in [0.4, 0.5) is 5.69 Å². The molecule has 140 valence electrons. The molecular formula is C22H18ClN2O3+. The molecule has 3 aliphatic rings. The molecule has 5 nitrogen and oxygen atoms in total. The summed E-state index contributed by atoms with van der Waals surface area (Å²) in [7, 11) is 0. The summed E-state index contributed by atoms with van der Waals surface area (Å²) in [5, 5.41) is 0.534.